The van der Waals surface area contributed by atoms with Crippen LogP contribution in [-0.2, 0) is 6.42 Å². The molecule has 2 heteroatoms. The van der Waals surface area contributed by atoms with Crippen molar-refractivity contribution in [3.8, 4) is 0 Å². The van der Waals surface area contributed by atoms with Crippen LogP contribution in [0.4, 0.5) is 0 Å². The minimum atomic E-state index is 0.663. The van der Waals surface area contributed by atoms with E-state index in [1.54, 1.807) is 11.1 Å². The highest BCUT2D eigenvalue weighted by Crippen LogP contribution is 2.36. The summed E-state index contributed by atoms with van der Waals surface area (Å²) in [6.45, 7) is 2.50. The van der Waals surface area contributed by atoms with Crippen LogP contribution < -0.4 is 5.32 Å². The molecule has 2 unspecified atom stereocenters. The standard InChI is InChI=1S/C14H20N2/c1-15-12-7-9-16-8-6-11-4-2-3-5-13(11)14(16)10-12/h2-5,12,14-15H,6-10H2,1H3. The van der Waals surface area contributed by atoms with E-state index in [0.717, 1.165) is 0 Å². The average Bonchev–Trinajstić information content (AvgIpc) is 2.38. The van der Waals surface area contributed by atoms with Gasteiger partial charge in [-0.15, -0.1) is 0 Å². The van der Waals surface area contributed by atoms with Crippen LogP contribution in [0.3, 0.4) is 0 Å². The fraction of sp³-hybridized carbons (Fsp3) is 0.571. The van der Waals surface area contributed by atoms with Crippen LogP contribution in [0.5, 0.6) is 0 Å². The Morgan fingerprint density at radius 3 is 3.00 bits per heavy atom. The van der Waals surface area contributed by atoms with Crippen LogP contribution in [0.25, 0.3) is 0 Å². The molecule has 2 atom stereocenters. The molecule has 0 radical (unpaired) electrons. The van der Waals surface area contributed by atoms with Gasteiger partial charge in [0.25, 0.3) is 0 Å². The third-order valence-electron chi connectivity index (χ3n) is 4.20. The first-order valence-corrected chi connectivity index (χ1v) is 6.37. The summed E-state index contributed by atoms with van der Waals surface area (Å²) in [7, 11) is 2.09. The Hall–Kier alpha value is -0.860. The fourth-order valence-electron chi connectivity index (χ4n) is 3.22. The Kier molecular flexibility index (Phi) is 2.70. The molecule has 0 aromatic heterocycles. The molecule has 0 spiro atoms. The molecule has 16 heavy (non-hydrogen) atoms. The van der Waals surface area contributed by atoms with E-state index in [1.165, 1.54) is 32.4 Å². The van der Waals surface area contributed by atoms with Crippen molar-refractivity contribution in [3.63, 3.8) is 0 Å². The van der Waals surface area contributed by atoms with Crippen LogP contribution in [0, 0.1) is 0 Å². The molecule has 1 aromatic carbocycles. The minimum absolute atomic E-state index is 0.663. The Balaban J connectivity index is 1.90. The second-order valence-electron chi connectivity index (χ2n) is 5.01. The zero-order valence-electron chi connectivity index (χ0n) is 9.95. The highest BCUT2D eigenvalue weighted by atomic mass is 15.2. The summed E-state index contributed by atoms with van der Waals surface area (Å²) in [4.78, 5) is 2.66. The van der Waals surface area contributed by atoms with Gasteiger partial charge in [0, 0.05) is 25.2 Å². The third kappa shape index (κ3) is 1.66. The predicted molar refractivity (Wildman–Crippen MR) is 66.5 cm³/mol. The van der Waals surface area contributed by atoms with Gasteiger partial charge in [0.15, 0.2) is 0 Å². The maximum Gasteiger partial charge on any atom is 0.0365 e. The van der Waals surface area contributed by atoms with Crippen LogP contribution >= 0.6 is 0 Å². The van der Waals surface area contributed by atoms with E-state index in [2.05, 4.69) is 41.5 Å². The van der Waals surface area contributed by atoms with Gasteiger partial charge in [0.2, 0.25) is 0 Å². The smallest absolute Gasteiger partial charge is 0.0365 e. The molecule has 0 amide bonds. The van der Waals surface area contributed by atoms with Gasteiger partial charge >= 0.3 is 0 Å². The summed E-state index contributed by atoms with van der Waals surface area (Å²) in [5, 5.41) is 3.44. The SMILES string of the molecule is CNC1CCN2CCc3ccccc3C2C1. The van der Waals surface area contributed by atoms with Gasteiger partial charge < -0.3 is 5.32 Å². The fourth-order valence-corrected chi connectivity index (χ4v) is 3.22. The van der Waals surface area contributed by atoms with Gasteiger partial charge in [-0.05, 0) is 37.4 Å². The zero-order valence-corrected chi connectivity index (χ0v) is 9.95. The van der Waals surface area contributed by atoms with Crippen LogP contribution in [0.2, 0.25) is 0 Å². The molecule has 1 saturated heterocycles. The number of nitrogens with one attached hydrogen (secondary N) is 1. The van der Waals surface area contributed by atoms with Crippen molar-refractivity contribution in [2.75, 3.05) is 20.1 Å². The predicted octanol–water partition coefficient (Wildman–Crippen LogP) is 1.97. The molecular weight excluding hydrogens is 196 g/mol. The summed E-state index contributed by atoms with van der Waals surface area (Å²) in [5.41, 5.74) is 3.15. The number of hydrogen-bond donors (Lipinski definition) is 1. The molecule has 1 fully saturated rings. The summed E-state index contributed by atoms with van der Waals surface area (Å²) >= 11 is 0. The van der Waals surface area contributed by atoms with Gasteiger partial charge in [-0.1, -0.05) is 24.3 Å². The Morgan fingerprint density at radius 1 is 1.25 bits per heavy atom. The van der Waals surface area contributed by atoms with E-state index in [0.29, 0.717) is 12.1 Å². The molecule has 2 aliphatic heterocycles. The van der Waals surface area contributed by atoms with Crippen molar-refractivity contribution in [3.05, 3.63) is 35.4 Å². The largest absolute Gasteiger partial charge is 0.317 e. The van der Waals surface area contributed by atoms with Gasteiger partial charge in [-0.25, -0.2) is 0 Å². The first-order chi connectivity index (χ1) is 7.88. The number of hydrogen-bond acceptors (Lipinski definition) is 2. The topological polar surface area (TPSA) is 15.3 Å². The lowest BCUT2D eigenvalue weighted by Gasteiger charge is -2.43. The Labute approximate surface area is 97.6 Å². The van der Waals surface area contributed by atoms with E-state index in [1.807, 2.05) is 0 Å². The first kappa shape index (κ1) is 10.3. The van der Waals surface area contributed by atoms with E-state index in [9.17, 15) is 0 Å². The molecule has 0 bridgehead atoms. The second-order valence-corrected chi connectivity index (χ2v) is 5.01. The van der Waals surface area contributed by atoms with E-state index in [4.69, 9.17) is 0 Å². The zero-order chi connectivity index (χ0) is 11.0. The quantitative estimate of drug-likeness (QED) is 0.772. The average molecular weight is 216 g/mol. The summed E-state index contributed by atoms with van der Waals surface area (Å²) < 4.78 is 0. The maximum atomic E-state index is 3.44. The summed E-state index contributed by atoms with van der Waals surface area (Å²) in [5.74, 6) is 0. The number of nitrogens with zero attached hydrogens (tertiary/aromatic N) is 1. The van der Waals surface area contributed by atoms with Crippen molar-refractivity contribution in [1.82, 2.24) is 10.2 Å². The molecule has 2 aliphatic rings. The van der Waals surface area contributed by atoms with Crippen LogP contribution in [0.15, 0.2) is 24.3 Å². The molecule has 86 valence electrons. The Morgan fingerprint density at radius 2 is 2.12 bits per heavy atom. The number of benzene rings is 1. The molecule has 1 aromatic rings. The van der Waals surface area contributed by atoms with Crippen LogP contribution in [0.1, 0.15) is 30.0 Å². The van der Waals surface area contributed by atoms with Crippen molar-refractivity contribution < 1.29 is 0 Å². The number of fused-ring (bicyclic) bond motifs is 3. The van der Waals surface area contributed by atoms with Crippen molar-refractivity contribution in [2.45, 2.75) is 31.3 Å². The molecule has 0 saturated carbocycles. The van der Waals surface area contributed by atoms with E-state index < -0.39 is 0 Å². The first-order valence-electron chi connectivity index (χ1n) is 6.37. The van der Waals surface area contributed by atoms with Gasteiger partial charge in [-0.3, -0.25) is 4.90 Å². The lowest BCUT2D eigenvalue weighted by molar-refractivity contribution is 0.118. The molecular formula is C14H20N2. The monoisotopic (exact) mass is 216 g/mol. The molecule has 0 aliphatic carbocycles. The van der Waals surface area contributed by atoms with Crippen molar-refractivity contribution in [1.29, 1.82) is 0 Å². The molecule has 2 heterocycles. The summed E-state index contributed by atoms with van der Waals surface area (Å²) in [6, 6.07) is 10.3. The highest BCUT2D eigenvalue weighted by molar-refractivity contribution is 5.33. The molecule has 2 nitrogen and oxygen atoms in total. The van der Waals surface area contributed by atoms with Gasteiger partial charge in [-0.2, -0.15) is 0 Å². The number of piperidine rings is 1. The van der Waals surface area contributed by atoms with Gasteiger partial charge in [0.1, 0.15) is 0 Å². The van der Waals surface area contributed by atoms with Crippen molar-refractivity contribution >= 4 is 0 Å². The normalized spacial score (nSPS) is 29.6. The van der Waals surface area contributed by atoms with Crippen LogP contribution in [-0.4, -0.2) is 31.1 Å². The second kappa shape index (κ2) is 4.19. The van der Waals surface area contributed by atoms with E-state index >= 15 is 0 Å². The molecule has 1 N–H and O–H groups in total. The Bertz CT molecular complexity index is 375. The lowest BCUT2D eigenvalue weighted by Crippen LogP contribution is -2.46. The van der Waals surface area contributed by atoms with Gasteiger partial charge in [0.05, 0.1) is 0 Å². The number of rotatable bonds is 1. The summed E-state index contributed by atoms with van der Waals surface area (Å²) in [6.07, 6.45) is 3.81. The van der Waals surface area contributed by atoms with Crippen molar-refractivity contribution in [2.24, 2.45) is 0 Å². The third-order valence-corrected chi connectivity index (χ3v) is 4.20. The highest BCUT2D eigenvalue weighted by Gasteiger charge is 2.32. The lowest BCUT2D eigenvalue weighted by atomic mass is 9.85. The molecule has 3 rings (SSSR count). The van der Waals surface area contributed by atoms with E-state index in [-0.39, 0.29) is 0 Å². The minimum Gasteiger partial charge on any atom is -0.317 e. The maximum absolute atomic E-state index is 3.44.